The van der Waals surface area contributed by atoms with E-state index in [2.05, 4.69) is 0 Å². The number of benzene rings is 2. The van der Waals surface area contributed by atoms with E-state index in [0.29, 0.717) is 4.90 Å². The van der Waals surface area contributed by atoms with Crippen molar-refractivity contribution in [2.75, 3.05) is 0 Å². The van der Waals surface area contributed by atoms with Crippen molar-refractivity contribution >= 4 is 10.0 Å². The summed E-state index contributed by atoms with van der Waals surface area (Å²) in [4.78, 5) is 0.353. The van der Waals surface area contributed by atoms with E-state index in [1.165, 1.54) is 0 Å². The first-order chi connectivity index (χ1) is 11.0. The van der Waals surface area contributed by atoms with E-state index in [9.17, 15) is 8.42 Å². The zero-order valence-electron chi connectivity index (χ0n) is 13.4. The fraction of sp³-hybridized carbons (Fsp3) is 0.263. The molecule has 0 radical (unpaired) electrons. The van der Waals surface area contributed by atoms with E-state index in [1.807, 2.05) is 68.5 Å². The van der Waals surface area contributed by atoms with E-state index in [1.54, 1.807) is 16.4 Å². The second-order valence-corrected chi connectivity index (χ2v) is 7.71. The molecule has 2 atom stereocenters. The van der Waals surface area contributed by atoms with Crippen LogP contribution in [-0.4, -0.2) is 18.8 Å². The van der Waals surface area contributed by atoms with Gasteiger partial charge >= 0.3 is 0 Å². The summed E-state index contributed by atoms with van der Waals surface area (Å²) in [6.07, 6.45) is 4.75. The van der Waals surface area contributed by atoms with Crippen LogP contribution in [0, 0.1) is 6.92 Å². The fourth-order valence-corrected chi connectivity index (χ4v) is 4.78. The molecule has 0 aliphatic carbocycles. The van der Waals surface area contributed by atoms with Gasteiger partial charge in [-0.15, -0.1) is 0 Å². The quantitative estimate of drug-likeness (QED) is 0.794. The molecule has 0 spiro atoms. The van der Waals surface area contributed by atoms with Crippen LogP contribution < -0.4 is 0 Å². The zero-order valence-corrected chi connectivity index (χ0v) is 14.2. The van der Waals surface area contributed by atoms with Crippen molar-refractivity contribution in [3.05, 3.63) is 77.9 Å². The number of hydrogen-bond acceptors (Lipinski definition) is 2. The number of rotatable bonds is 4. The Morgan fingerprint density at radius 2 is 1.61 bits per heavy atom. The molecule has 1 aliphatic heterocycles. The van der Waals surface area contributed by atoms with E-state index in [0.717, 1.165) is 17.5 Å². The Morgan fingerprint density at radius 1 is 0.957 bits per heavy atom. The van der Waals surface area contributed by atoms with Gasteiger partial charge in [0.1, 0.15) is 0 Å². The average Bonchev–Trinajstić information content (AvgIpc) is 3.01. The lowest BCUT2D eigenvalue weighted by molar-refractivity contribution is 0.339. The summed E-state index contributed by atoms with van der Waals surface area (Å²) >= 11 is 0. The fourth-order valence-electron chi connectivity index (χ4n) is 2.99. The Bertz CT molecular complexity index is 795. The van der Waals surface area contributed by atoms with Crippen molar-refractivity contribution in [2.45, 2.75) is 37.2 Å². The minimum atomic E-state index is -3.54. The molecule has 4 heteroatoms. The van der Waals surface area contributed by atoms with Crippen LogP contribution in [-0.2, 0) is 10.0 Å². The maximum absolute atomic E-state index is 13.2. The van der Waals surface area contributed by atoms with Crippen molar-refractivity contribution in [1.82, 2.24) is 4.31 Å². The number of hydrogen-bond donors (Lipinski definition) is 0. The predicted octanol–water partition coefficient (Wildman–Crippen LogP) is 4.08. The molecule has 0 unspecified atom stereocenters. The van der Waals surface area contributed by atoms with Crippen molar-refractivity contribution in [1.29, 1.82) is 0 Å². The van der Waals surface area contributed by atoms with Crippen molar-refractivity contribution in [3.8, 4) is 0 Å². The van der Waals surface area contributed by atoms with Gasteiger partial charge in [-0.05, 0) is 31.0 Å². The molecule has 0 fully saturated rings. The maximum atomic E-state index is 13.2. The summed E-state index contributed by atoms with van der Waals surface area (Å²) in [5.74, 6) is 0. The van der Waals surface area contributed by atoms with Crippen LogP contribution in [0.5, 0.6) is 0 Å². The van der Waals surface area contributed by atoms with Crippen molar-refractivity contribution < 1.29 is 8.42 Å². The highest BCUT2D eigenvalue weighted by molar-refractivity contribution is 7.89. The molecule has 2 aromatic carbocycles. The van der Waals surface area contributed by atoms with Crippen LogP contribution in [0.3, 0.4) is 0 Å². The van der Waals surface area contributed by atoms with Crippen LogP contribution in [0.1, 0.15) is 30.5 Å². The molecule has 3 rings (SSSR count). The summed E-state index contributed by atoms with van der Waals surface area (Å²) in [5.41, 5.74) is 2.05. The van der Waals surface area contributed by atoms with Crippen LogP contribution in [0.25, 0.3) is 0 Å². The molecule has 23 heavy (non-hydrogen) atoms. The van der Waals surface area contributed by atoms with Gasteiger partial charge in [0.2, 0.25) is 10.0 Å². The molecule has 1 aliphatic rings. The lowest BCUT2D eigenvalue weighted by Crippen LogP contribution is -2.37. The normalized spacial score (nSPS) is 21.7. The first-order valence-corrected chi connectivity index (χ1v) is 9.31. The smallest absolute Gasteiger partial charge is 0.207 e. The first kappa shape index (κ1) is 16.0. The standard InChI is InChI=1S/C19H21NO2S/c1-3-17-11-14-19(16-7-5-4-6-8-16)20(17)23(21,22)18-12-9-15(2)10-13-18/h4-14,17,19H,3H2,1-2H3/t17-,19-/m0/s1. The van der Waals surface area contributed by atoms with Gasteiger partial charge in [-0.3, -0.25) is 0 Å². The van der Waals surface area contributed by atoms with Gasteiger partial charge in [0.15, 0.2) is 0 Å². The largest absolute Gasteiger partial charge is 0.244 e. The van der Waals surface area contributed by atoms with Crippen LogP contribution in [0.2, 0.25) is 0 Å². The minimum absolute atomic E-state index is 0.105. The van der Waals surface area contributed by atoms with E-state index < -0.39 is 10.0 Å². The molecule has 1 heterocycles. The van der Waals surface area contributed by atoms with Crippen LogP contribution in [0.4, 0.5) is 0 Å². The molecule has 120 valence electrons. The van der Waals surface area contributed by atoms with Crippen molar-refractivity contribution in [2.24, 2.45) is 0 Å². The first-order valence-electron chi connectivity index (χ1n) is 7.87. The van der Waals surface area contributed by atoms with Gasteiger partial charge in [-0.25, -0.2) is 8.42 Å². The second kappa shape index (κ2) is 6.30. The maximum Gasteiger partial charge on any atom is 0.244 e. The number of nitrogens with zero attached hydrogens (tertiary/aromatic N) is 1. The SMILES string of the molecule is CC[C@H]1C=C[C@@H](c2ccccc2)N1S(=O)(=O)c1ccc(C)cc1. The third-order valence-electron chi connectivity index (χ3n) is 4.27. The third-order valence-corrected chi connectivity index (χ3v) is 6.19. The Kier molecular flexibility index (Phi) is 4.37. The van der Waals surface area contributed by atoms with E-state index in [4.69, 9.17) is 0 Å². The van der Waals surface area contributed by atoms with Gasteiger partial charge in [0.05, 0.1) is 10.9 Å². The predicted molar refractivity (Wildman–Crippen MR) is 92.6 cm³/mol. The lowest BCUT2D eigenvalue weighted by atomic mass is 10.1. The van der Waals surface area contributed by atoms with E-state index in [-0.39, 0.29) is 12.1 Å². The Hall–Kier alpha value is -1.91. The monoisotopic (exact) mass is 327 g/mol. The number of sulfonamides is 1. The molecule has 2 aromatic rings. The Morgan fingerprint density at radius 3 is 2.22 bits per heavy atom. The Labute approximate surface area is 138 Å². The highest BCUT2D eigenvalue weighted by atomic mass is 32.2. The highest BCUT2D eigenvalue weighted by Gasteiger charge is 2.38. The molecule has 3 nitrogen and oxygen atoms in total. The summed E-state index contributed by atoms with van der Waals surface area (Å²) in [6.45, 7) is 3.97. The van der Waals surface area contributed by atoms with Gasteiger partial charge in [0, 0.05) is 6.04 Å². The molecule has 0 bridgehead atoms. The summed E-state index contributed by atoms with van der Waals surface area (Å²) in [6, 6.07) is 16.5. The minimum Gasteiger partial charge on any atom is -0.207 e. The third kappa shape index (κ3) is 2.96. The van der Waals surface area contributed by atoms with Crippen LogP contribution in [0.15, 0.2) is 71.6 Å². The highest BCUT2D eigenvalue weighted by Crippen LogP contribution is 2.36. The van der Waals surface area contributed by atoms with Crippen molar-refractivity contribution in [3.63, 3.8) is 0 Å². The zero-order chi connectivity index (χ0) is 16.4. The molecule has 0 aromatic heterocycles. The summed E-state index contributed by atoms with van der Waals surface area (Å²) < 4.78 is 28.0. The number of aryl methyl sites for hydroxylation is 1. The van der Waals surface area contributed by atoms with E-state index >= 15 is 0 Å². The molecular weight excluding hydrogens is 306 g/mol. The van der Waals surface area contributed by atoms with Gasteiger partial charge < -0.3 is 0 Å². The molecule has 0 N–H and O–H groups in total. The molecule has 0 amide bonds. The topological polar surface area (TPSA) is 37.4 Å². The summed E-state index contributed by atoms with van der Waals surface area (Å²) in [5, 5.41) is 0. The molecular formula is C19H21NO2S. The van der Waals surface area contributed by atoms with Crippen LogP contribution >= 0.6 is 0 Å². The average molecular weight is 327 g/mol. The Balaban J connectivity index is 2.04. The molecule has 0 saturated carbocycles. The van der Waals surface area contributed by atoms with Gasteiger partial charge in [-0.2, -0.15) is 4.31 Å². The van der Waals surface area contributed by atoms with Gasteiger partial charge in [-0.1, -0.05) is 67.1 Å². The summed E-state index contributed by atoms with van der Waals surface area (Å²) in [7, 11) is -3.54. The lowest BCUT2D eigenvalue weighted by Gasteiger charge is -2.29. The molecule has 0 saturated heterocycles. The second-order valence-electron chi connectivity index (χ2n) is 5.86. The van der Waals surface area contributed by atoms with Gasteiger partial charge in [0.25, 0.3) is 0 Å².